The largest absolute Gasteiger partial charge is 0.372 e. The molecular formula is C26H36N2O3. The van der Waals surface area contributed by atoms with Crippen LogP contribution in [0, 0.1) is 0 Å². The normalized spacial score (nSPS) is 10.6. The van der Waals surface area contributed by atoms with Crippen LogP contribution in [0.4, 0.5) is 0 Å². The van der Waals surface area contributed by atoms with Gasteiger partial charge in [-0.1, -0.05) is 68.4 Å². The molecule has 0 saturated carbocycles. The van der Waals surface area contributed by atoms with Crippen molar-refractivity contribution in [2.45, 2.75) is 65.7 Å². The Bertz CT molecular complexity index is 786. The smallest absolute Gasteiger partial charge is 0.222 e. The van der Waals surface area contributed by atoms with Crippen LogP contribution in [0.25, 0.3) is 0 Å². The highest BCUT2D eigenvalue weighted by Crippen LogP contribution is 2.09. The summed E-state index contributed by atoms with van der Waals surface area (Å²) in [5.41, 5.74) is 3.28. The average Bonchev–Trinajstić information content (AvgIpc) is 2.78. The Morgan fingerprint density at radius 3 is 2.19 bits per heavy atom. The molecule has 1 N–H and O–H groups in total. The lowest BCUT2D eigenvalue weighted by molar-refractivity contribution is -0.131. The summed E-state index contributed by atoms with van der Waals surface area (Å²) in [5, 5.41) is 2.96. The van der Waals surface area contributed by atoms with Crippen LogP contribution in [-0.2, 0) is 34.1 Å². The van der Waals surface area contributed by atoms with Crippen molar-refractivity contribution in [3.63, 3.8) is 0 Å². The topological polar surface area (TPSA) is 58.6 Å². The molecule has 0 saturated heterocycles. The summed E-state index contributed by atoms with van der Waals surface area (Å²) >= 11 is 0. The molecule has 31 heavy (non-hydrogen) atoms. The molecule has 0 heterocycles. The van der Waals surface area contributed by atoms with E-state index in [1.54, 1.807) is 0 Å². The molecule has 2 aromatic carbocycles. The van der Waals surface area contributed by atoms with Crippen LogP contribution in [0.1, 0.15) is 62.6 Å². The summed E-state index contributed by atoms with van der Waals surface area (Å²) in [6.45, 7) is 7.34. The van der Waals surface area contributed by atoms with Crippen molar-refractivity contribution in [2.75, 3.05) is 13.1 Å². The van der Waals surface area contributed by atoms with E-state index < -0.39 is 0 Å². The van der Waals surface area contributed by atoms with Gasteiger partial charge in [-0.25, -0.2) is 0 Å². The molecule has 2 aromatic rings. The zero-order chi connectivity index (χ0) is 22.3. The number of carbonyl (C=O) groups is 2. The predicted molar refractivity (Wildman–Crippen MR) is 124 cm³/mol. The number of benzene rings is 2. The standard InChI is InChI=1S/C26H36N2O3/c1-3-16-28(17-4-2)26(30)15-9-14-25(29)27-19-23-12-8-13-24(18-23)21-31-20-22-10-6-5-7-11-22/h5-8,10-13,18H,3-4,9,14-17,19-21H2,1-2H3,(H,27,29). The molecule has 0 aliphatic heterocycles. The van der Waals surface area contributed by atoms with E-state index in [1.165, 1.54) is 0 Å². The van der Waals surface area contributed by atoms with Gasteiger partial charge in [-0.2, -0.15) is 0 Å². The van der Waals surface area contributed by atoms with Crippen molar-refractivity contribution >= 4 is 11.8 Å². The van der Waals surface area contributed by atoms with Gasteiger partial charge in [-0.15, -0.1) is 0 Å². The maximum absolute atomic E-state index is 12.3. The van der Waals surface area contributed by atoms with E-state index in [2.05, 4.69) is 25.2 Å². The van der Waals surface area contributed by atoms with Gasteiger partial charge in [0.1, 0.15) is 0 Å². The average molecular weight is 425 g/mol. The summed E-state index contributed by atoms with van der Waals surface area (Å²) < 4.78 is 5.79. The first-order chi connectivity index (χ1) is 15.1. The van der Waals surface area contributed by atoms with Crippen LogP contribution in [-0.4, -0.2) is 29.8 Å². The quantitative estimate of drug-likeness (QED) is 0.472. The molecule has 0 bridgehead atoms. The molecule has 5 nitrogen and oxygen atoms in total. The summed E-state index contributed by atoms with van der Waals surface area (Å²) in [6, 6.07) is 18.2. The van der Waals surface area contributed by atoms with Gasteiger partial charge in [-0.3, -0.25) is 9.59 Å². The molecule has 2 rings (SSSR count). The van der Waals surface area contributed by atoms with Gasteiger partial charge in [0.25, 0.3) is 0 Å². The fourth-order valence-corrected chi connectivity index (χ4v) is 3.44. The van der Waals surface area contributed by atoms with E-state index in [-0.39, 0.29) is 11.8 Å². The monoisotopic (exact) mass is 424 g/mol. The maximum Gasteiger partial charge on any atom is 0.222 e. The van der Waals surface area contributed by atoms with E-state index in [0.29, 0.717) is 39.0 Å². The summed E-state index contributed by atoms with van der Waals surface area (Å²) in [6.07, 6.45) is 3.31. The van der Waals surface area contributed by atoms with E-state index in [1.807, 2.05) is 53.4 Å². The second-order valence-corrected chi connectivity index (χ2v) is 7.81. The van der Waals surface area contributed by atoms with Crippen LogP contribution in [0.5, 0.6) is 0 Å². The Kier molecular flexibility index (Phi) is 11.4. The highest BCUT2D eigenvalue weighted by molar-refractivity contribution is 5.79. The molecule has 0 aliphatic carbocycles. The highest BCUT2D eigenvalue weighted by Gasteiger charge is 2.12. The van der Waals surface area contributed by atoms with E-state index in [9.17, 15) is 9.59 Å². The van der Waals surface area contributed by atoms with Crippen molar-refractivity contribution in [3.8, 4) is 0 Å². The lowest BCUT2D eigenvalue weighted by Crippen LogP contribution is -2.32. The van der Waals surface area contributed by atoms with Crippen LogP contribution in [0.15, 0.2) is 54.6 Å². The molecule has 168 valence electrons. The van der Waals surface area contributed by atoms with E-state index in [4.69, 9.17) is 4.74 Å². The van der Waals surface area contributed by atoms with Crippen molar-refractivity contribution in [2.24, 2.45) is 0 Å². The van der Waals surface area contributed by atoms with Crippen molar-refractivity contribution in [1.29, 1.82) is 0 Å². The van der Waals surface area contributed by atoms with Crippen LogP contribution in [0.2, 0.25) is 0 Å². The Hall–Kier alpha value is -2.66. The van der Waals surface area contributed by atoms with Crippen molar-refractivity contribution in [1.82, 2.24) is 10.2 Å². The zero-order valence-electron chi connectivity index (χ0n) is 18.9. The first-order valence-corrected chi connectivity index (χ1v) is 11.4. The lowest BCUT2D eigenvalue weighted by Gasteiger charge is -2.21. The molecule has 0 spiro atoms. The van der Waals surface area contributed by atoms with Crippen molar-refractivity contribution in [3.05, 3.63) is 71.3 Å². The summed E-state index contributed by atoms with van der Waals surface area (Å²) in [5.74, 6) is 0.135. The second-order valence-electron chi connectivity index (χ2n) is 7.81. The van der Waals surface area contributed by atoms with Gasteiger partial charge >= 0.3 is 0 Å². The third kappa shape index (κ3) is 9.79. The number of hydrogen-bond donors (Lipinski definition) is 1. The zero-order valence-corrected chi connectivity index (χ0v) is 18.9. The SMILES string of the molecule is CCCN(CCC)C(=O)CCCC(=O)NCc1cccc(COCc2ccccc2)c1. The first-order valence-electron chi connectivity index (χ1n) is 11.4. The molecular weight excluding hydrogens is 388 g/mol. The van der Waals surface area contributed by atoms with Crippen LogP contribution >= 0.6 is 0 Å². The Balaban J connectivity index is 1.68. The molecule has 0 fully saturated rings. The van der Waals surface area contributed by atoms with Gasteiger partial charge in [-0.05, 0) is 36.0 Å². The number of rotatable bonds is 14. The number of nitrogens with one attached hydrogen (secondary N) is 1. The van der Waals surface area contributed by atoms with Gasteiger partial charge in [0.05, 0.1) is 13.2 Å². The molecule has 0 atom stereocenters. The Morgan fingerprint density at radius 1 is 0.839 bits per heavy atom. The number of nitrogens with zero attached hydrogens (tertiary/aromatic N) is 1. The van der Waals surface area contributed by atoms with Crippen molar-refractivity contribution < 1.29 is 14.3 Å². The van der Waals surface area contributed by atoms with Gasteiger partial charge in [0.2, 0.25) is 11.8 Å². The molecule has 0 aliphatic rings. The summed E-state index contributed by atoms with van der Waals surface area (Å²) in [4.78, 5) is 26.4. The highest BCUT2D eigenvalue weighted by atomic mass is 16.5. The molecule has 0 unspecified atom stereocenters. The third-order valence-electron chi connectivity index (χ3n) is 5.00. The fourth-order valence-electron chi connectivity index (χ4n) is 3.44. The summed E-state index contributed by atoms with van der Waals surface area (Å²) in [7, 11) is 0. The van der Waals surface area contributed by atoms with E-state index in [0.717, 1.165) is 42.6 Å². The van der Waals surface area contributed by atoms with Gasteiger partial charge in [0, 0.05) is 32.5 Å². The maximum atomic E-state index is 12.3. The van der Waals surface area contributed by atoms with Gasteiger partial charge in [0.15, 0.2) is 0 Å². The molecule has 0 radical (unpaired) electrons. The fraction of sp³-hybridized carbons (Fsp3) is 0.462. The minimum Gasteiger partial charge on any atom is -0.372 e. The Morgan fingerprint density at radius 2 is 1.48 bits per heavy atom. The predicted octanol–water partition coefficient (Wildman–Crippen LogP) is 4.84. The lowest BCUT2D eigenvalue weighted by atomic mass is 10.1. The van der Waals surface area contributed by atoms with Crippen LogP contribution < -0.4 is 5.32 Å². The Labute approximate surface area is 186 Å². The number of ether oxygens (including phenoxy) is 1. The number of carbonyl (C=O) groups excluding carboxylic acids is 2. The van der Waals surface area contributed by atoms with Gasteiger partial charge < -0.3 is 15.0 Å². The molecule has 5 heteroatoms. The molecule has 0 aromatic heterocycles. The third-order valence-corrected chi connectivity index (χ3v) is 5.00. The minimum absolute atomic E-state index is 0.0175. The second kappa shape index (κ2) is 14.4. The van der Waals surface area contributed by atoms with Crippen LogP contribution in [0.3, 0.4) is 0 Å². The molecule has 2 amide bonds. The first kappa shape index (κ1) is 24.6. The number of hydrogen-bond acceptors (Lipinski definition) is 3. The number of amides is 2. The minimum atomic E-state index is -0.0175. The van der Waals surface area contributed by atoms with E-state index >= 15 is 0 Å².